The Labute approximate surface area is 184 Å². The van der Waals surface area contributed by atoms with Gasteiger partial charge in [0, 0.05) is 22.8 Å². The van der Waals surface area contributed by atoms with Gasteiger partial charge in [0.05, 0.1) is 0 Å². The molecular formula is C24H23BrN2O3. The Bertz CT molecular complexity index is 1170. The van der Waals surface area contributed by atoms with Gasteiger partial charge in [-0.05, 0) is 61.4 Å². The van der Waals surface area contributed by atoms with E-state index in [0.717, 1.165) is 20.9 Å². The van der Waals surface area contributed by atoms with E-state index in [9.17, 15) is 9.59 Å². The van der Waals surface area contributed by atoms with Gasteiger partial charge in [-0.25, -0.2) is 4.79 Å². The highest BCUT2D eigenvalue weighted by molar-refractivity contribution is 9.10. The summed E-state index contributed by atoms with van der Waals surface area (Å²) in [4.78, 5) is 28.1. The first kappa shape index (κ1) is 20.4. The molecule has 3 aromatic carbocycles. The molecule has 0 saturated carbocycles. The predicted octanol–water partition coefficient (Wildman–Crippen LogP) is 5.35. The van der Waals surface area contributed by atoms with Crippen molar-refractivity contribution in [3.05, 3.63) is 76.3 Å². The summed E-state index contributed by atoms with van der Waals surface area (Å²) in [5.41, 5.74) is 0.0430. The number of fused-ring (bicyclic) bond motifs is 2. The summed E-state index contributed by atoms with van der Waals surface area (Å²) in [5, 5.41) is 4.96. The van der Waals surface area contributed by atoms with Crippen molar-refractivity contribution in [2.24, 2.45) is 0 Å². The van der Waals surface area contributed by atoms with Crippen LogP contribution in [-0.4, -0.2) is 24.6 Å². The molecule has 3 aromatic rings. The van der Waals surface area contributed by atoms with Gasteiger partial charge in [0.25, 0.3) is 5.91 Å². The van der Waals surface area contributed by atoms with E-state index in [4.69, 9.17) is 4.74 Å². The molecule has 6 heteroatoms. The van der Waals surface area contributed by atoms with Gasteiger partial charge in [-0.15, -0.1) is 0 Å². The summed E-state index contributed by atoms with van der Waals surface area (Å²) in [6.07, 6.45) is -0.648. The number of rotatable bonds is 2. The lowest BCUT2D eigenvalue weighted by molar-refractivity contribution is -0.122. The number of nitrogens with one attached hydrogen (secondary N) is 1. The van der Waals surface area contributed by atoms with E-state index in [2.05, 4.69) is 21.2 Å². The summed E-state index contributed by atoms with van der Waals surface area (Å²) in [6.45, 7) is 5.38. The molecule has 0 spiro atoms. The average Bonchev–Trinajstić information content (AvgIpc) is 2.88. The molecule has 30 heavy (non-hydrogen) atoms. The Kier molecular flexibility index (Phi) is 4.85. The van der Waals surface area contributed by atoms with E-state index in [0.29, 0.717) is 11.1 Å². The van der Waals surface area contributed by atoms with Crippen molar-refractivity contribution in [2.45, 2.75) is 31.9 Å². The van der Waals surface area contributed by atoms with Crippen LogP contribution in [0.2, 0.25) is 0 Å². The summed E-state index contributed by atoms with van der Waals surface area (Å²) in [5.74, 6) is -0.239. The maximum absolute atomic E-state index is 13.7. The highest BCUT2D eigenvalue weighted by Gasteiger charge is 2.53. The second-order valence-electron chi connectivity index (χ2n) is 8.46. The van der Waals surface area contributed by atoms with E-state index in [1.165, 1.54) is 0 Å². The highest BCUT2D eigenvalue weighted by atomic mass is 79.9. The molecule has 1 unspecified atom stereocenters. The minimum atomic E-state index is -1.39. The first-order valence-electron chi connectivity index (χ1n) is 9.70. The third-order valence-corrected chi connectivity index (χ3v) is 5.71. The molecule has 0 fully saturated rings. The lowest BCUT2D eigenvalue weighted by atomic mass is 9.83. The van der Waals surface area contributed by atoms with E-state index < -0.39 is 17.2 Å². The van der Waals surface area contributed by atoms with Gasteiger partial charge < -0.3 is 9.64 Å². The number of hydrogen-bond donors (Lipinski definition) is 1. The van der Waals surface area contributed by atoms with Crippen LogP contribution < -0.4 is 10.2 Å². The Morgan fingerprint density at radius 3 is 2.43 bits per heavy atom. The standard InChI is InChI=1S/C24H23BrN2O3/c1-23(2,3)30-22(29)26-24(17-10-9-15-7-5-6-8-16(15)13-17)19-14-18(25)11-12-20(19)27(4)21(24)28/h5-14H,1-4H3,(H,26,29). The number of anilines is 1. The molecule has 0 radical (unpaired) electrons. The molecule has 2 amide bonds. The zero-order valence-corrected chi connectivity index (χ0v) is 18.9. The number of amides is 2. The number of benzene rings is 3. The number of hydrogen-bond acceptors (Lipinski definition) is 3. The van der Waals surface area contributed by atoms with Gasteiger partial charge in [-0.2, -0.15) is 0 Å². The molecule has 1 aliphatic heterocycles. The fourth-order valence-corrected chi connectivity index (χ4v) is 4.29. The van der Waals surface area contributed by atoms with Crippen molar-refractivity contribution >= 4 is 44.4 Å². The van der Waals surface area contributed by atoms with Crippen LogP contribution in [0.1, 0.15) is 31.9 Å². The van der Waals surface area contributed by atoms with Crippen molar-refractivity contribution in [3.63, 3.8) is 0 Å². The second kappa shape index (κ2) is 7.13. The van der Waals surface area contributed by atoms with Crippen LogP contribution >= 0.6 is 15.9 Å². The van der Waals surface area contributed by atoms with E-state index in [-0.39, 0.29) is 5.91 Å². The van der Waals surface area contributed by atoms with Crippen LogP contribution in [0.15, 0.2) is 65.1 Å². The number of ether oxygens (including phenoxy) is 1. The predicted molar refractivity (Wildman–Crippen MR) is 122 cm³/mol. The molecule has 1 N–H and O–H groups in total. The maximum Gasteiger partial charge on any atom is 0.409 e. The Morgan fingerprint density at radius 1 is 1.03 bits per heavy atom. The SMILES string of the molecule is CN1C(=O)C(NC(=O)OC(C)(C)C)(c2ccc3ccccc3c2)c2cc(Br)ccc21. The zero-order valence-electron chi connectivity index (χ0n) is 17.3. The van der Waals surface area contributed by atoms with Gasteiger partial charge in [0.2, 0.25) is 0 Å². The van der Waals surface area contributed by atoms with Crippen LogP contribution in [0, 0.1) is 0 Å². The first-order valence-corrected chi connectivity index (χ1v) is 10.5. The Hall–Kier alpha value is -2.86. The molecule has 1 atom stereocenters. The smallest absolute Gasteiger partial charge is 0.409 e. The van der Waals surface area contributed by atoms with Gasteiger partial charge in [0.1, 0.15) is 5.60 Å². The fourth-order valence-electron chi connectivity index (χ4n) is 3.93. The van der Waals surface area contributed by atoms with Crippen molar-refractivity contribution in [1.82, 2.24) is 5.32 Å². The lowest BCUT2D eigenvalue weighted by Crippen LogP contribution is -2.54. The third kappa shape index (κ3) is 3.35. The minimum absolute atomic E-state index is 0.239. The molecule has 154 valence electrons. The Balaban J connectivity index is 1.95. The summed E-state index contributed by atoms with van der Waals surface area (Å²) < 4.78 is 6.35. The number of alkyl carbamates (subject to hydrolysis) is 1. The number of halogens is 1. The fraction of sp³-hybridized carbons (Fsp3) is 0.250. The van der Waals surface area contributed by atoms with E-state index >= 15 is 0 Å². The van der Waals surface area contributed by atoms with Gasteiger partial charge in [-0.1, -0.05) is 52.3 Å². The van der Waals surface area contributed by atoms with Crippen LogP contribution in [-0.2, 0) is 15.1 Å². The van der Waals surface area contributed by atoms with Crippen molar-refractivity contribution in [2.75, 3.05) is 11.9 Å². The van der Waals surface area contributed by atoms with Crippen molar-refractivity contribution < 1.29 is 14.3 Å². The molecule has 1 aliphatic rings. The second-order valence-corrected chi connectivity index (χ2v) is 9.38. The normalized spacial score (nSPS) is 18.4. The molecule has 4 rings (SSSR count). The van der Waals surface area contributed by atoms with Gasteiger partial charge in [0.15, 0.2) is 5.54 Å². The zero-order chi connectivity index (χ0) is 21.7. The van der Waals surface area contributed by atoms with E-state index in [1.807, 2.05) is 60.7 Å². The summed E-state index contributed by atoms with van der Waals surface area (Å²) in [6, 6.07) is 19.4. The van der Waals surface area contributed by atoms with E-state index in [1.54, 1.807) is 32.7 Å². The van der Waals surface area contributed by atoms with Crippen LogP contribution in [0.25, 0.3) is 10.8 Å². The molecule has 1 heterocycles. The lowest BCUT2D eigenvalue weighted by Gasteiger charge is -2.31. The molecule has 5 nitrogen and oxygen atoms in total. The highest BCUT2D eigenvalue weighted by Crippen LogP contribution is 2.45. The molecular weight excluding hydrogens is 444 g/mol. The third-order valence-electron chi connectivity index (χ3n) is 5.22. The van der Waals surface area contributed by atoms with Gasteiger partial charge in [-0.3, -0.25) is 10.1 Å². The number of carbonyl (C=O) groups is 2. The quantitative estimate of drug-likeness (QED) is 0.553. The van der Waals surface area contributed by atoms with Gasteiger partial charge >= 0.3 is 6.09 Å². The number of carbonyl (C=O) groups excluding carboxylic acids is 2. The largest absolute Gasteiger partial charge is 0.444 e. The molecule has 0 aromatic heterocycles. The Morgan fingerprint density at radius 2 is 1.73 bits per heavy atom. The first-order chi connectivity index (χ1) is 14.1. The van der Waals surface area contributed by atoms with Crippen LogP contribution in [0.5, 0.6) is 0 Å². The summed E-state index contributed by atoms with van der Waals surface area (Å²) >= 11 is 3.51. The van der Waals surface area contributed by atoms with Crippen molar-refractivity contribution in [3.8, 4) is 0 Å². The van der Waals surface area contributed by atoms with Crippen LogP contribution in [0.4, 0.5) is 10.5 Å². The molecule has 0 aliphatic carbocycles. The molecule has 0 bridgehead atoms. The minimum Gasteiger partial charge on any atom is -0.444 e. The topological polar surface area (TPSA) is 58.6 Å². The number of likely N-dealkylation sites (N-methyl/N-ethyl adjacent to an activating group) is 1. The number of nitrogens with zero attached hydrogens (tertiary/aromatic N) is 1. The summed E-state index contributed by atoms with van der Waals surface area (Å²) in [7, 11) is 1.72. The molecule has 0 saturated heterocycles. The van der Waals surface area contributed by atoms with Crippen LogP contribution in [0.3, 0.4) is 0 Å². The average molecular weight is 467 g/mol. The van der Waals surface area contributed by atoms with Crippen molar-refractivity contribution in [1.29, 1.82) is 0 Å². The monoisotopic (exact) mass is 466 g/mol. The maximum atomic E-state index is 13.7.